The van der Waals surface area contributed by atoms with Crippen LogP contribution in [0.1, 0.15) is 54.1 Å². The van der Waals surface area contributed by atoms with Crippen molar-refractivity contribution in [2.45, 2.75) is 5.41 Å². The molecule has 1 aliphatic carbocycles. The summed E-state index contributed by atoms with van der Waals surface area (Å²) in [5.74, 6) is 1.41. The number of benzene rings is 6. The van der Waals surface area contributed by atoms with E-state index in [1.54, 1.807) is 30.3 Å². The third kappa shape index (κ3) is 3.04. The molecular weight excluding hydrogens is 530 g/mol. The lowest BCUT2D eigenvalue weighted by Crippen LogP contribution is -2.39. The van der Waals surface area contributed by atoms with Gasteiger partial charge < -0.3 is 9.64 Å². The van der Waals surface area contributed by atoms with Gasteiger partial charge in [-0.25, -0.2) is 0 Å². The van der Waals surface area contributed by atoms with Gasteiger partial charge in [-0.1, -0.05) is 97.1 Å². The summed E-state index contributed by atoms with van der Waals surface area (Å²) in [4.78, 5) is 29.3. The molecule has 43 heavy (non-hydrogen) atoms. The monoisotopic (exact) mass is 553 g/mol. The number of anilines is 3. The third-order valence-corrected chi connectivity index (χ3v) is 9.07. The normalized spacial score (nSPS) is 14.9. The van der Waals surface area contributed by atoms with Crippen molar-refractivity contribution in [1.82, 2.24) is 0 Å². The van der Waals surface area contributed by atoms with Crippen molar-refractivity contribution < 1.29 is 14.3 Å². The van der Waals surface area contributed by atoms with E-state index >= 15 is 0 Å². The van der Waals surface area contributed by atoms with E-state index in [1.165, 1.54) is 0 Å². The Morgan fingerprint density at radius 3 is 1.47 bits per heavy atom. The standard InChI is InChI=1S/C39H23NO3/c41-37-25-11-1-2-12-26(25)38(42)28-23-24(21-22-27(28)37)40-33-17-7-3-13-29(33)39(30-14-4-8-18-34(30)40)31-15-5-9-19-35(31)43-36-20-10-6-16-32(36)39/h1-23H. The van der Waals surface area contributed by atoms with Gasteiger partial charge in [-0.15, -0.1) is 0 Å². The summed E-state index contributed by atoms with van der Waals surface area (Å²) in [6.45, 7) is 0. The van der Waals surface area contributed by atoms with Crippen LogP contribution in [0.2, 0.25) is 0 Å². The van der Waals surface area contributed by atoms with Crippen LogP contribution in [0.4, 0.5) is 17.1 Å². The highest BCUT2D eigenvalue weighted by atomic mass is 16.5. The minimum atomic E-state index is -0.631. The van der Waals surface area contributed by atoms with E-state index in [0.717, 1.165) is 50.8 Å². The quantitative estimate of drug-likeness (QED) is 0.204. The number of ether oxygens (including phenoxy) is 1. The Balaban J connectivity index is 1.33. The Bertz CT molecular complexity index is 2080. The molecule has 0 saturated heterocycles. The smallest absolute Gasteiger partial charge is 0.194 e. The maximum atomic E-state index is 13.7. The maximum Gasteiger partial charge on any atom is 0.194 e. The molecule has 2 heterocycles. The molecule has 0 fully saturated rings. The second kappa shape index (κ2) is 8.63. The largest absolute Gasteiger partial charge is 0.457 e. The number of carbonyl (C=O) groups excluding carboxylic acids is 2. The van der Waals surface area contributed by atoms with Gasteiger partial charge in [-0.2, -0.15) is 0 Å². The summed E-state index contributed by atoms with van der Waals surface area (Å²) < 4.78 is 6.48. The molecule has 0 radical (unpaired) electrons. The zero-order valence-corrected chi connectivity index (χ0v) is 23.0. The van der Waals surface area contributed by atoms with Crippen molar-refractivity contribution >= 4 is 28.6 Å². The second-order valence-electron chi connectivity index (χ2n) is 11.1. The molecule has 0 saturated carbocycles. The number of rotatable bonds is 1. The summed E-state index contributed by atoms with van der Waals surface area (Å²) >= 11 is 0. The molecule has 0 aromatic heterocycles. The molecule has 9 rings (SSSR count). The van der Waals surface area contributed by atoms with Crippen molar-refractivity contribution in [2.24, 2.45) is 0 Å². The van der Waals surface area contributed by atoms with E-state index in [9.17, 15) is 9.59 Å². The fraction of sp³-hybridized carbons (Fsp3) is 0.0256. The molecule has 1 spiro atoms. The van der Waals surface area contributed by atoms with E-state index in [1.807, 2.05) is 48.5 Å². The van der Waals surface area contributed by atoms with Crippen LogP contribution in [0.25, 0.3) is 0 Å². The number of para-hydroxylation sites is 4. The summed E-state index contributed by atoms with van der Waals surface area (Å²) in [6.07, 6.45) is 0. The molecule has 0 N–H and O–H groups in total. The third-order valence-electron chi connectivity index (χ3n) is 9.07. The van der Waals surface area contributed by atoms with Gasteiger partial charge in [-0.05, 0) is 53.6 Å². The van der Waals surface area contributed by atoms with Crippen LogP contribution in [0, 0.1) is 0 Å². The predicted octanol–water partition coefficient (Wildman–Crippen LogP) is 8.73. The van der Waals surface area contributed by atoms with Crippen LogP contribution in [0.5, 0.6) is 11.5 Å². The Morgan fingerprint density at radius 1 is 0.442 bits per heavy atom. The fourth-order valence-electron chi connectivity index (χ4n) is 7.33. The number of nitrogens with zero attached hydrogens (tertiary/aromatic N) is 1. The van der Waals surface area contributed by atoms with Crippen LogP contribution in [-0.4, -0.2) is 11.6 Å². The van der Waals surface area contributed by atoms with Crippen molar-refractivity contribution in [3.05, 3.63) is 184 Å². The summed E-state index contributed by atoms with van der Waals surface area (Å²) in [5.41, 5.74) is 8.36. The van der Waals surface area contributed by atoms with Gasteiger partial charge >= 0.3 is 0 Å². The number of fused-ring (bicyclic) bond motifs is 10. The zero-order chi connectivity index (χ0) is 28.7. The Hall–Kier alpha value is -5.74. The lowest BCUT2D eigenvalue weighted by Gasteiger charge is -2.48. The first-order valence-corrected chi connectivity index (χ1v) is 14.4. The lowest BCUT2D eigenvalue weighted by atomic mass is 9.61. The zero-order valence-electron chi connectivity index (χ0n) is 23.0. The minimum absolute atomic E-state index is 0.120. The van der Waals surface area contributed by atoms with E-state index in [2.05, 4.69) is 65.6 Å². The lowest BCUT2D eigenvalue weighted by molar-refractivity contribution is 0.0979. The topological polar surface area (TPSA) is 46.6 Å². The van der Waals surface area contributed by atoms with Crippen LogP contribution in [-0.2, 0) is 5.41 Å². The molecule has 2 aliphatic heterocycles. The van der Waals surface area contributed by atoms with Gasteiger partial charge in [0.1, 0.15) is 11.5 Å². The molecule has 4 nitrogen and oxygen atoms in total. The Kier molecular flexibility index (Phi) is 4.80. The van der Waals surface area contributed by atoms with Crippen LogP contribution >= 0.6 is 0 Å². The first-order chi connectivity index (χ1) is 21.2. The number of ketones is 2. The molecule has 0 unspecified atom stereocenters. The number of hydrogen-bond acceptors (Lipinski definition) is 4. The van der Waals surface area contributed by atoms with Crippen molar-refractivity contribution in [1.29, 1.82) is 0 Å². The van der Waals surface area contributed by atoms with Crippen molar-refractivity contribution in [2.75, 3.05) is 4.90 Å². The molecule has 6 aromatic rings. The summed E-state index contributed by atoms with van der Waals surface area (Å²) in [5, 5.41) is 0. The van der Waals surface area contributed by atoms with E-state index in [0.29, 0.717) is 22.3 Å². The molecule has 0 bridgehead atoms. The molecule has 3 aliphatic rings. The Morgan fingerprint density at radius 2 is 0.884 bits per heavy atom. The van der Waals surface area contributed by atoms with Crippen molar-refractivity contribution in [3.63, 3.8) is 0 Å². The average Bonchev–Trinajstić information content (AvgIpc) is 3.07. The maximum absolute atomic E-state index is 13.7. The Labute approximate surface area is 248 Å². The highest BCUT2D eigenvalue weighted by Gasteiger charge is 2.51. The van der Waals surface area contributed by atoms with E-state index in [-0.39, 0.29) is 11.6 Å². The predicted molar refractivity (Wildman–Crippen MR) is 166 cm³/mol. The average molecular weight is 554 g/mol. The first-order valence-electron chi connectivity index (χ1n) is 14.4. The minimum Gasteiger partial charge on any atom is -0.457 e. The van der Waals surface area contributed by atoms with Gasteiger partial charge in [0.15, 0.2) is 11.6 Å². The summed E-state index contributed by atoms with van der Waals surface area (Å²) in [7, 11) is 0. The van der Waals surface area contributed by atoms with Crippen molar-refractivity contribution in [3.8, 4) is 11.5 Å². The van der Waals surface area contributed by atoms with Gasteiger partial charge in [0.25, 0.3) is 0 Å². The van der Waals surface area contributed by atoms with Gasteiger partial charge in [0, 0.05) is 39.1 Å². The van der Waals surface area contributed by atoms with E-state index in [4.69, 9.17) is 4.74 Å². The molecule has 0 atom stereocenters. The molecule has 4 heteroatoms. The fourth-order valence-corrected chi connectivity index (χ4v) is 7.33. The van der Waals surface area contributed by atoms with Crippen LogP contribution in [0.3, 0.4) is 0 Å². The molecular formula is C39H23NO3. The van der Waals surface area contributed by atoms with Crippen LogP contribution < -0.4 is 9.64 Å². The first kappa shape index (κ1) is 23.9. The highest BCUT2D eigenvalue weighted by molar-refractivity contribution is 6.28. The van der Waals surface area contributed by atoms with Gasteiger partial charge in [0.05, 0.1) is 16.8 Å². The summed E-state index contributed by atoms with van der Waals surface area (Å²) in [6, 6.07) is 46.2. The van der Waals surface area contributed by atoms with Crippen LogP contribution in [0.15, 0.2) is 140 Å². The molecule has 6 aromatic carbocycles. The number of carbonyl (C=O) groups is 2. The van der Waals surface area contributed by atoms with E-state index < -0.39 is 5.41 Å². The second-order valence-corrected chi connectivity index (χ2v) is 11.1. The highest BCUT2D eigenvalue weighted by Crippen LogP contribution is 2.62. The molecule has 202 valence electrons. The van der Waals surface area contributed by atoms with Gasteiger partial charge in [-0.3, -0.25) is 9.59 Å². The molecule has 0 amide bonds. The SMILES string of the molecule is O=C1c2ccccc2C(=O)c2cc(N3c4ccccc4C4(c5ccccc5Oc5ccccc54)c4ccccc43)ccc21. The van der Waals surface area contributed by atoms with Gasteiger partial charge in [0.2, 0.25) is 0 Å². The number of hydrogen-bond donors (Lipinski definition) is 0.